The molecule has 3 N–H and O–H groups in total. The monoisotopic (exact) mass is 438 g/mol. The van der Waals surface area contributed by atoms with Crippen molar-refractivity contribution >= 4 is 35.8 Å². The van der Waals surface area contributed by atoms with Gasteiger partial charge in [0, 0.05) is 20.1 Å². The van der Waals surface area contributed by atoms with E-state index in [1.54, 1.807) is 0 Å². The standard InChI is InChI=1S/C17H34N4O.HI/c1-6-19-16(20-12-17(3,4)15(18)22)21(5)11-14-9-7-13(2)8-10-14;/h13-14H,6-12H2,1-5H3,(H2,18,22)(H,19,20);1H. The van der Waals surface area contributed by atoms with Gasteiger partial charge in [0.25, 0.3) is 0 Å². The predicted molar refractivity (Wildman–Crippen MR) is 108 cm³/mol. The van der Waals surface area contributed by atoms with Gasteiger partial charge in [-0.2, -0.15) is 0 Å². The van der Waals surface area contributed by atoms with Gasteiger partial charge in [0.2, 0.25) is 5.91 Å². The highest BCUT2D eigenvalue weighted by atomic mass is 127. The molecule has 0 aromatic carbocycles. The lowest BCUT2D eigenvalue weighted by atomic mass is 9.83. The Morgan fingerprint density at radius 3 is 2.35 bits per heavy atom. The number of carbonyl (C=O) groups excluding carboxylic acids is 1. The third kappa shape index (κ3) is 7.72. The Kier molecular flexibility index (Phi) is 10.1. The highest BCUT2D eigenvalue weighted by Crippen LogP contribution is 2.28. The van der Waals surface area contributed by atoms with Crippen LogP contribution in [-0.2, 0) is 4.79 Å². The summed E-state index contributed by atoms with van der Waals surface area (Å²) in [7, 11) is 2.08. The quantitative estimate of drug-likeness (QED) is 0.381. The van der Waals surface area contributed by atoms with Crippen molar-refractivity contribution in [3.05, 3.63) is 0 Å². The van der Waals surface area contributed by atoms with Gasteiger partial charge in [-0.05, 0) is 45.4 Å². The fourth-order valence-electron chi connectivity index (χ4n) is 2.81. The maximum absolute atomic E-state index is 11.4. The van der Waals surface area contributed by atoms with Crippen molar-refractivity contribution < 1.29 is 4.79 Å². The number of hydrogen-bond acceptors (Lipinski definition) is 2. The van der Waals surface area contributed by atoms with Crippen LogP contribution in [0.4, 0.5) is 0 Å². The molecular weight excluding hydrogens is 403 g/mol. The number of halogens is 1. The van der Waals surface area contributed by atoms with Crippen LogP contribution >= 0.6 is 24.0 Å². The molecule has 0 atom stereocenters. The van der Waals surface area contributed by atoms with Gasteiger partial charge >= 0.3 is 0 Å². The summed E-state index contributed by atoms with van der Waals surface area (Å²) in [5, 5.41) is 3.32. The summed E-state index contributed by atoms with van der Waals surface area (Å²) >= 11 is 0. The summed E-state index contributed by atoms with van der Waals surface area (Å²) in [6.07, 6.45) is 5.27. The zero-order valence-electron chi connectivity index (χ0n) is 15.4. The molecule has 5 nitrogen and oxygen atoms in total. The summed E-state index contributed by atoms with van der Waals surface area (Å²) in [5.41, 5.74) is 4.82. The predicted octanol–water partition coefficient (Wildman–Crippen LogP) is 2.84. The number of amides is 1. The van der Waals surface area contributed by atoms with E-state index in [9.17, 15) is 4.79 Å². The van der Waals surface area contributed by atoms with E-state index in [1.807, 2.05) is 13.8 Å². The fraction of sp³-hybridized carbons (Fsp3) is 0.882. The van der Waals surface area contributed by atoms with Crippen LogP contribution in [0.25, 0.3) is 0 Å². The minimum absolute atomic E-state index is 0. The summed E-state index contributed by atoms with van der Waals surface area (Å²) in [6, 6.07) is 0. The summed E-state index contributed by atoms with van der Waals surface area (Å²) in [6.45, 7) is 10.3. The Bertz CT molecular complexity index is 390. The van der Waals surface area contributed by atoms with Gasteiger partial charge in [-0.1, -0.05) is 19.8 Å². The molecule has 0 unspecified atom stereocenters. The van der Waals surface area contributed by atoms with E-state index in [-0.39, 0.29) is 29.9 Å². The Balaban J connectivity index is 0.00000484. The Morgan fingerprint density at radius 2 is 1.87 bits per heavy atom. The van der Waals surface area contributed by atoms with Crippen LogP contribution in [0, 0.1) is 17.3 Å². The third-order valence-electron chi connectivity index (χ3n) is 4.66. The highest BCUT2D eigenvalue weighted by Gasteiger charge is 2.25. The van der Waals surface area contributed by atoms with Crippen LogP contribution in [0.15, 0.2) is 4.99 Å². The Labute approximate surface area is 158 Å². The summed E-state index contributed by atoms with van der Waals surface area (Å²) in [5.74, 6) is 2.18. The van der Waals surface area contributed by atoms with E-state index < -0.39 is 5.41 Å². The molecule has 0 bridgehead atoms. The second-order valence-electron chi connectivity index (χ2n) is 7.42. The number of aliphatic imine (C=N–C) groups is 1. The zero-order valence-corrected chi connectivity index (χ0v) is 17.7. The van der Waals surface area contributed by atoms with Gasteiger partial charge in [0.05, 0.1) is 12.0 Å². The van der Waals surface area contributed by atoms with Crippen molar-refractivity contribution in [3.63, 3.8) is 0 Å². The lowest BCUT2D eigenvalue weighted by molar-refractivity contribution is -0.125. The van der Waals surface area contributed by atoms with Gasteiger partial charge in [-0.15, -0.1) is 24.0 Å². The fourth-order valence-corrected chi connectivity index (χ4v) is 2.81. The molecular formula is C17H35IN4O. The highest BCUT2D eigenvalue weighted by molar-refractivity contribution is 14.0. The molecule has 1 aliphatic carbocycles. The van der Waals surface area contributed by atoms with Crippen LogP contribution in [0.5, 0.6) is 0 Å². The largest absolute Gasteiger partial charge is 0.369 e. The number of nitrogens with two attached hydrogens (primary N) is 1. The molecule has 6 heteroatoms. The molecule has 136 valence electrons. The number of nitrogens with zero attached hydrogens (tertiary/aromatic N) is 2. The minimum atomic E-state index is -0.609. The molecule has 1 rings (SSSR count). The molecule has 1 fully saturated rings. The number of guanidine groups is 1. The average Bonchev–Trinajstić information content (AvgIpc) is 2.45. The first-order valence-electron chi connectivity index (χ1n) is 8.55. The van der Waals surface area contributed by atoms with Crippen molar-refractivity contribution in [1.29, 1.82) is 0 Å². The molecule has 0 radical (unpaired) electrons. The first-order chi connectivity index (χ1) is 10.3. The molecule has 0 spiro atoms. The number of hydrogen-bond donors (Lipinski definition) is 2. The summed E-state index contributed by atoms with van der Waals surface area (Å²) in [4.78, 5) is 18.2. The van der Waals surface area contributed by atoms with Crippen LogP contribution < -0.4 is 11.1 Å². The first-order valence-corrected chi connectivity index (χ1v) is 8.55. The Hall–Kier alpha value is -0.530. The smallest absolute Gasteiger partial charge is 0.224 e. The van der Waals surface area contributed by atoms with Gasteiger partial charge in [0.15, 0.2) is 5.96 Å². The lowest BCUT2D eigenvalue weighted by Crippen LogP contribution is -2.43. The van der Waals surface area contributed by atoms with Crippen molar-refractivity contribution in [3.8, 4) is 0 Å². The van der Waals surface area contributed by atoms with E-state index in [0.29, 0.717) is 6.54 Å². The van der Waals surface area contributed by atoms with Gasteiger partial charge in [0.1, 0.15) is 0 Å². The zero-order chi connectivity index (χ0) is 16.8. The van der Waals surface area contributed by atoms with Gasteiger partial charge < -0.3 is 16.0 Å². The lowest BCUT2D eigenvalue weighted by Gasteiger charge is -2.31. The van der Waals surface area contributed by atoms with Crippen molar-refractivity contribution in [2.45, 2.75) is 53.4 Å². The number of rotatable bonds is 6. The van der Waals surface area contributed by atoms with Gasteiger partial charge in [-0.3, -0.25) is 9.79 Å². The minimum Gasteiger partial charge on any atom is -0.369 e. The van der Waals surface area contributed by atoms with Crippen molar-refractivity contribution in [2.75, 3.05) is 26.7 Å². The SMILES string of the molecule is CCNC(=NCC(C)(C)C(N)=O)N(C)CC1CCC(C)CC1.I. The number of nitrogens with one attached hydrogen (secondary N) is 1. The number of carbonyl (C=O) groups is 1. The summed E-state index contributed by atoms with van der Waals surface area (Å²) < 4.78 is 0. The maximum Gasteiger partial charge on any atom is 0.224 e. The molecule has 0 aliphatic heterocycles. The normalized spacial score (nSPS) is 22.2. The molecule has 0 aromatic heterocycles. The van der Waals surface area contributed by atoms with E-state index in [4.69, 9.17) is 5.73 Å². The molecule has 0 aromatic rings. The number of primary amides is 1. The van der Waals surface area contributed by atoms with Crippen LogP contribution in [-0.4, -0.2) is 43.4 Å². The topological polar surface area (TPSA) is 70.7 Å². The van der Waals surface area contributed by atoms with Crippen LogP contribution in [0.3, 0.4) is 0 Å². The van der Waals surface area contributed by atoms with Gasteiger partial charge in [-0.25, -0.2) is 0 Å². The van der Waals surface area contributed by atoms with Crippen LogP contribution in [0.1, 0.15) is 53.4 Å². The third-order valence-corrected chi connectivity index (χ3v) is 4.66. The Morgan fingerprint density at radius 1 is 1.30 bits per heavy atom. The van der Waals surface area contributed by atoms with Crippen molar-refractivity contribution in [2.24, 2.45) is 28.0 Å². The molecule has 0 saturated heterocycles. The van der Waals surface area contributed by atoms with Crippen molar-refractivity contribution in [1.82, 2.24) is 10.2 Å². The molecule has 1 aliphatic rings. The molecule has 1 saturated carbocycles. The first kappa shape index (κ1) is 22.5. The second kappa shape index (κ2) is 10.4. The van der Waals surface area contributed by atoms with E-state index >= 15 is 0 Å². The van der Waals surface area contributed by atoms with E-state index in [0.717, 1.165) is 30.9 Å². The second-order valence-corrected chi connectivity index (χ2v) is 7.42. The molecule has 23 heavy (non-hydrogen) atoms. The average molecular weight is 438 g/mol. The van der Waals surface area contributed by atoms with E-state index in [2.05, 4.69) is 36.1 Å². The maximum atomic E-state index is 11.4. The molecule has 0 heterocycles. The van der Waals surface area contributed by atoms with E-state index in [1.165, 1.54) is 25.7 Å². The molecule has 1 amide bonds. The van der Waals surface area contributed by atoms with Crippen LogP contribution in [0.2, 0.25) is 0 Å².